The van der Waals surface area contributed by atoms with Crippen LogP contribution in [0, 0.1) is 0 Å². The molecule has 0 aliphatic rings. The number of carbonyl (C=O) groups is 1. The molecule has 0 radical (unpaired) electrons. The molecule has 7 heteroatoms. The predicted octanol–water partition coefficient (Wildman–Crippen LogP) is 5.11. The molecule has 23 heavy (non-hydrogen) atoms. The SMILES string of the molecule is CCc1nc2cc(Cl)ccn2c1C(=O)Nc1ccc(Cl)cc1Cl. The van der Waals surface area contributed by atoms with Crippen LogP contribution in [0.25, 0.3) is 5.65 Å². The van der Waals surface area contributed by atoms with Crippen molar-refractivity contribution in [2.45, 2.75) is 13.3 Å². The number of carbonyl (C=O) groups excluding carboxylic acids is 1. The zero-order valence-electron chi connectivity index (χ0n) is 12.1. The van der Waals surface area contributed by atoms with Gasteiger partial charge in [0.25, 0.3) is 5.91 Å². The zero-order valence-corrected chi connectivity index (χ0v) is 14.4. The summed E-state index contributed by atoms with van der Waals surface area (Å²) in [5.41, 5.74) is 2.27. The minimum Gasteiger partial charge on any atom is -0.319 e. The normalized spacial score (nSPS) is 11.0. The smallest absolute Gasteiger partial charge is 0.274 e. The van der Waals surface area contributed by atoms with Crippen molar-refractivity contribution in [3.63, 3.8) is 0 Å². The summed E-state index contributed by atoms with van der Waals surface area (Å²) in [5.74, 6) is -0.291. The molecule has 0 spiro atoms. The number of hydrogen-bond donors (Lipinski definition) is 1. The maximum Gasteiger partial charge on any atom is 0.274 e. The third-order valence-electron chi connectivity index (χ3n) is 3.39. The lowest BCUT2D eigenvalue weighted by Gasteiger charge is -2.08. The maximum atomic E-state index is 12.7. The van der Waals surface area contributed by atoms with E-state index in [1.165, 1.54) is 0 Å². The Morgan fingerprint density at radius 1 is 1.17 bits per heavy atom. The van der Waals surface area contributed by atoms with Gasteiger partial charge in [-0.2, -0.15) is 0 Å². The van der Waals surface area contributed by atoms with E-state index in [2.05, 4.69) is 10.3 Å². The molecule has 3 rings (SSSR count). The van der Waals surface area contributed by atoms with Crippen molar-refractivity contribution < 1.29 is 4.79 Å². The molecule has 1 amide bonds. The summed E-state index contributed by atoms with van der Waals surface area (Å²) < 4.78 is 1.71. The van der Waals surface area contributed by atoms with E-state index in [9.17, 15) is 4.79 Å². The number of pyridine rings is 1. The lowest BCUT2D eigenvalue weighted by atomic mass is 10.2. The van der Waals surface area contributed by atoms with Crippen LogP contribution in [0.3, 0.4) is 0 Å². The first kappa shape index (κ1) is 16.1. The van der Waals surface area contributed by atoms with Crippen molar-refractivity contribution in [1.29, 1.82) is 0 Å². The van der Waals surface area contributed by atoms with Gasteiger partial charge < -0.3 is 5.32 Å². The molecule has 4 nitrogen and oxygen atoms in total. The summed E-state index contributed by atoms with van der Waals surface area (Å²) in [5, 5.41) is 4.25. The number of aryl methyl sites for hydroxylation is 1. The van der Waals surface area contributed by atoms with Crippen LogP contribution < -0.4 is 5.32 Å². The molecule has 0 bridgehead atoms. The number of benzene rings is 1. The number of aromatic nitrogens is 2. The standard InChI is InChI=1S/C16H12Cl3N3O/c1-2-12-15(22-6-5-10(18)8-14(22)20-12)16(23)21-13-4-3-9(17)7-11(13)19/h3-8H,2H2,1H3,(H,21,23). The van der Waals surface area contributed by atoms with E-state index in [4.69, 9.17) is 34.8 Å². The van der Waals surface area contributed by atoms with Crippen LogP contribution in [0.2, 0.25) is 15.1 Å². The topological polar surface area (TPSA) is 46.4 Å². The van der Waals surface area contributed by atoms with Crippen molar-refractivity contribution in [1.82, 2.24) is 9.38 Å². The fourth-order valence-corrected chi connectivity index (χ4v) is 2.94. The second kappa shape index (κ2) is 6.40. The van der Waals surface area contributed by atoms with Gasteiger partial charge >= 0.3 is 0 Å². The summed E-state index contributed by atoms with van der Waals surface area (Å²) in [6.07, 6.45) is 2.35. The van der Waals surface area contributed by atoms with Crippen LogP contribution in [-0.2, 0) is 6.42 Å². The molecule has 2 heterocycles. The number of nitrogens with zero attached hydrogens (tertiary/aromatic N) is 2. The average molecular weight is 369 g/mol. The molecule has 0 unspecified atom stereocenters. The summed E-state index contributed by atoms with van der Waals surface area (Å²) in [6, 6.07) is 8.33. The third-order valence-corrected chi connectivity index (χ3v) is 4.17. The van der Waals surface area contributed by atoms with E-state index in [0.29, 0.717) is 44.2 Å². The molecular weight excluding hydrogens is 357 g/mol. The van der Waals surface area contributed by atoms with Crippen LogP contribution in [0.4, 0.5) is 5.69 Å². The van der Waals surface area contributed by atoms with Crippen molar-refractivity contribution in [3.05, 3.63) is 63.0 Å². The van der Waals surface area contributed by atoms with E-state index >= 15 is 0 Å². The van der Waals surface area contributed by atoms with Gasteiger partial charge in [0.05, 0.1) is 16.4 Å². The average Bonchev–Trinajstić information content (AvgIpc) is 2.87. The Balaban J connectivity index is 2.03. The molecule has 0 saturated carbocycles. The Labute approximate surface area is 148 Å². The molecule has 118 valence electrons. The highest BCUT2D eigenvalue weighted by Gasteiger charge is 2.19. The van der Waals surface area contributed by atoms with Crippen molar-refractivity contribution in [2.24, 2.45) is 0 Å². The summed E-state index contributed by atoms with van der Waals surface area (Å²) in [4.78, 5) is 17.1. The minimum absolute atomic E-state index is 0.291. The minimum atomic E-state index is -0.291. The molecule has 0 fully saturated rings. The number of rotatable bonds is 3. The Hall–Kier alpha value is -1.75. The molecular formula is C16H12Cl3N3O. The van der Waals surface area contributed by atoms with Crippen molar-refractivity contribution in [3.8, 4) is 0 Å². The molecule has 1 N–H and O–H groups in total. The first-order chi connectivity index (χ1) is 11.0. The number of anilines is 1. The Morgan fingerprint density at radius 3 is 2.61 bits per heavy atom. The fraction of sp³-hybridized carbons (Fsp3) is 0.125. The molecule has 0 saturated heterocycles. The molecule has 0 aliphatic carbocycles. The number of nitrogens with one attached hydrogen (secondary N) is 1. The van der Waals surface area contributed by atoms with Gasteiger partial charge in [0, 0.05) is 22.3 Å². The van der Waals surface area contributed by atoms with Gasteiger partial charge in [-0.1, -0.05) is 41.7 Å². The number of amides is 1. The Bertz CT molecular complexity index is 905. The molecule has 0 aliphatic heterocycles. The second-order valence-electron chi connectivity index (χ2n) is 4.91. The first-order valence-corrected chi connectivity index (χ1v) is 8.06. The monoisotopic (exact) mass is 367 g/mol. The highest BCUT2D eigenvalue weighted by Crippen LogP contribution is 2.26. The summed E-state index contributed by atoms with van der Waals surface area (Å²) in [7, 11) is 0. The van der Waals surface area contributed by atoms with Gasteiger partial charge in [0.15, 0.2) is 0 Å². The number of imidazole rings is 1. The maximum absolute atomic E-state index is 12.7. The highest BCUT2D eigenvalue weighted by atomic mass is 35.5. The lowest BCUT2D eigenvalue weighted by Crippen LogP contribution is -2.16. The van der Waals surface area contributed by atoms with Gasteiger partial charge in [0.2, 0.25) is 0 Å². The summed E-state index contributed by atoms with van der Waals surface area (Å²) >= 11 is 18.0. The third kappa shape index (κ3) is 3.15. The Kier molecular flexibility index (Phi) is 4.48. The largest absolute Gasteiger partial charge is 0.319 e. The fourth-order valence-electron chi connectivity index (χ4n) is 2.33. The Morgan fingerprint density at radius 2 is 1.91 bits per heavy atom. The van der Waals surface area contributed by atoms with E-state index in [1.54, 1.807) is 40.9 Å². The quantitative estimate of drug-likeness (QED) is 0.698. The van der Waals surface area contributed by atoms with Crippen LogP contribution in [-0.4, -0.2) is 15.3 Å². The second-order valence-corrected chi connectivity index (χ2v) is 6.19. The van der Waals surface area contributed by atoms with E-state index in [0.717, 1.165) is 0 Å². The zero-order chi connectivity index (χ0) is 16.6. The van der Waals surface area contributed by atoms with Crippen LogP contribution in [0.1, 0.15) is 23.1 Å². The van der Waals surface area contributed by atoms with E-state index in [1.807, 2.05) is 6.92 Å². The first-order valence-electron chi connectivity index (χ1n) is 6.92. The molecule has 3 aromatic rings. The van der Waals surface area contributed by atoms with Gasteiger partial charge in [-0.25, -0.2) is 4.98 Å². The lowest BCUT2D eigenvalue weighted by molar-refractivity contribution is 0.102. The van der Waals surface area contributed by atoms with Crippen molar-refractivity contribution >= 4 is 52.0 Å². The predicted molar refractivity (Wildman–Crippen MR) is 94.0 cm³/mol. The number of fused-ring (bicyclic) bond motifs is 1. The van der Waals surface area contributed by atoms with Gasteiger partial charge in [-0.15, -0.1) is 0 Å². The summed E-state index contributed by atoms with van der Waals surface area (Å²) in [6.45, 7) is 1.94. The molecule has 0 atom stereocenters. The van der Waals surface area contributed by atoms with Crippen LogP contribution in [0.15, 0.2) is 36.5 Å². The number of halogens is 3. The van der Waals surface area contributed by atoms with Crippen LogP contribution >= 0.6 is 34.8 Å². The molecule has 2 aromatic heterocycles. The van der Waals surface area contributed by atoms with E-state index < -0.39 is 0 Å². The van der Waals surface area contributed by atoms with Gasteiger partial charge in [-0.05, 0) is 30.7 Å². The highest BCUT2D eigenvalue weighted by molar-refractivity contribution is 6.36. The molecule has 1 aromatic carbocycles. The van der Waals surface area contributed by atoms with Crippen LogP contribution in [0.5, 0.6) is 0 Å². The van der Waals surface area contributed by atoms with E-state index in [-0.39, 0.29) is 5.91 Å². The van der Waals surface area contributed by atoms with Crippen molar-refractivity contribution in [2.75, 3.05) is 5.32 Å². The van der Waals surface area contributed by atoms with Gasteiger partial charge in [0.1, 0.15) is 11.3 Å². The number of hydrogen-bond acceptors (Lipinski definition) is 2. The van der Waals surface area contributed by atoms with Gasteiger partial charge in [-0.3, -0.25) is 9.20 Å².